The molecule has 2 N–H and O–H groups in total. The number of imide groups is 1. The van der Waals surface area contributed by atoms with Crippen molar-refractivity contribution < 1.29 is 9.59 Å². The molecule has 0 spiro atoms. The fraction of sp³-hybridized carbons (Fsp3) is 0.375. The summed E-state index contributed by atoms with van der Waals surface area (Å²) in [5.74, 6) is 0.139. The number of hydrogen-bond donors (Lipinski definition) is 2. The minimum Gasteiger partial charge on any atom is -0.326 e. The highest BCUT2D eigenvalue weighted by atomic mass is 16.2. The maximum atomic E-state index is 12.1. The van der Waals surface area contributed by atoms with Crippen molar-refractivity contribution in [2.45, 2.75) is 26.1 Å². The van der Waals surface area contributed by atoms with Crippen LogP contribution in [0, 0.1) is 6.92 Å². The minimum absolute atomic E-state index is 0.340. The smallest absolute Gasteiger partial charge is 0.325 e. The fourth-order valence-corrected chi connectivity index (χ4v) is 2.78. The van der Waals surface area contributed by atoms with Crippen molar-refractivity contribution in [3.8, 4) is 0 Å². The summed E-state index contributed by atoms with van der Waals surface area (Å²) >= 11 is 0. The van der Waals surface area contributed by atoms with Crippen LogP contribution in [-0.4, -0.2) is 59.7 Å². The lowest BCUT2D eigenvalue weighted by Gasteiger charge is -2.35. The number of rotatable bonds is 3. The molecule has 0 aliphatic carbocycles. The van der Waals surface area contributed by atoms with E-state index in [4.69, 9.17) is 0 Å². The highest BCUT2D eigenvalue weighted by molar-refractivity contribution is 6.03. The maximum absolute atomic E-state index is 12.1. The molecular formula is C16H20N6O2. The first-order valence-electron chi connectivity index (χ1n) is 7.79. The fourth-order valence-electron chi connectivity index (χ4n) is 2.78. The number of carbonyl (C=O) groups is 2. The Hall–Kier alpha value is -2.90. The highest BCUT2D eigenvalue weighted by Gasteiger charge is 2.48. The number of nitrogens with zero attached hydrogens (tertiary/aromatic N) is 4. The van der Waals surface area contributed by atoms with Gasteiger partial charge in [-0.2, -0.15) is 5.10 Å². The van der Waals surface area contributed by atoms with E-state index in [1.807, 2.05) is 38.1 Å². The Morgan fingerprint density at radius 1 is 1.33 bits per heavy atom. The molecule has 1 fully saturated rings. The summed E-state index contributed by atoms with van der Waals surface area (Å²) in [5, 5.41) is 6.54. The molecule has 2 unspecified atom stereocenters. The van der Waals surface area contributed by atoms with Crippen LogP contribution in [0.15, 0.2) is 34.4 Å². The Labute approximate surface area is 140 Å². The van der Waals surface area contributed by atoms with Crippen LogP contribution in [0.4, 0.5) is 4.79 Å². The standard InChI is InChI=1S/C16H20N6O2/c1-4-22-12-13(21(3)16(24)19-14(12)23)18-15(22)20-17-9-11-7-5-10(2)6-8-11/h5-9,12-13H,4H2,1-3H3,(H,18,20)(H,19,23,24)/b17-9+. The lowest BCUT2D eigenvalue weighted by Crippen LogP contribution is -2.64. The minimum atomic E-state index is -0.539. The van der Waals surface area contributed by atoms with Gasteiger partial charge in [0.1, 0.15) is 0 Å². The van der Waals surface area contributed by atoms with Crippen molar-refractivity contribution in [3.63, 3.8) is 0 Å². The van der Waals surface area contributed by atoms with Gasteiger partial charge >= 0.3 is 6.03 Å². The molecule has 1 aromatic carbocycles. The van der Waals surface area contributed by atoms with E-state index in [2.05, 4.69) is 20.8 Å². The molecule has 0 aromatic heterocycles. The number of urea groups is 1. The van der Waals surface area contributed by atoms with Crippen LogP contribution in [0.5, 0.6) is 0 Å². The summed E-state index contributed by atoms with van der Waals surface area (Å²) in [6, 6.07) is 6.97. The van der Waals surface area contributed by atoms with Gasteiger partial charge in [-0.15, -0.1) is 0 Å². The van der Waals surface area contributed by atoms with Gasteiger partial charge in [-0.25, -0.2) is 15.2 Å². The summed E-state index contributed by atoms with van der Waals surface area (Å²) in [6.07, 6.45) is 1.15. The molecule has 0 saturated carbocycles. The molecule has 1 saturated heterocycles. The van der Waals surface area contributed by atoms with Crippen LogP contribution in [0.25, 0.3) is 0 Å². The third-order valence-corrected chi connectivity index (χ3v) is 4.16. The molecule has 1 aromatic rings. The first kappa shape index (κ1) is 16.0. The van der Waals surface area contributed by atoms with Crippen LogP contribution >= 0.6 is 0 Å². The number of aryl methyl sites for hydroxylation is 1. The second-order valence-electron chi connectivity index (χ2n) is 5.78. The number of amides is 3. The van der Waals surface area contributed by atoms with Gasteiger partial charge in [-0.05, 0) is 19.4 Å². The number of hydrazone groups is 1. The molecule has 3 amide bonds. The monoisotopic (exact) mass is 328 g/mol. The zero-order valence-corrected chi connectivity index (χ0v) is 13.9. The van der Waals surface area contributed by atoms with Crippen molar-refractivity contribution in [1.29, 1.82) is 0 Å². The molecule has 126 valence electrons. The average molecular weight is 328 g/mol. The third-order valence-electron chi connectivity index (χ3n) is 4.16. The molecule has 2 aliphatic heterocycles. The second kappa shape index (κ2) is 6.31. The van der Waals surface area contributed by atoms with E-state index in [0.717, 1.165) is 5.56 Å². The normalized spacial score (nSPS) is 23.4. The predicted molar refractivity (Wildman–Crippen MR) is 90.6 cm³/mol. The van der Waals surface area contributed by atoms with Crippen LogP contribution in [0.1, 0.15) is 18.1 Å². The van der Waals surface area contributed by atoms with Gasteiger partial charge in [0.2, 0.25) is 5.96 Å². The van der Waals surface area contributed by atoms with Crippen molar-refractivity contribution in [1.82, 2.24) is 20.5 Å². The Morgan fingerprint density at radius 3 is 2.71 bits per heavy atom. The van der Waals surface area contributed by atoms with Crippen molar-refractivity contribution in [2.24, 2.45) is 10.1 Å². The largest absolute Gasteiger partial charge is 0.326 e. The zero-order chi connectivity index (χ0) is 17.3. The molecule has 2 heterocycles. The number of benzene rings is 1. The number of guanidine groups is 1. The van der Waals surface area contributed by atoms with E-state index in [1.54, 1.807) is 18.2 Å². The predicted octanol–water partition coefficient (Wildman–Crippen LogP) is 0.486. The Bertz CT molecular complexity index is 712. The first-order chi connectivity index (χ1) is 11.5. The molecule has 2 atom stereocenters. The number of hydrogen-bond acceptors (Lipinski definition) is 6. The van der Waals surface area contributed by atoms with Gasteiger partial charge in [0.15, 0.2) is 12.2 Å². The summed E-state index contributed by atoms with van der Waals surface area (Å²) in [4.78, 5) is 31.5. The van der Waals surface area contributed by atoms with E-state index in [9.17, 15) is 9.59 Å². The van der Waals surface area contributed by atoms with Crippen molar-refractivity contribution in [3.05, 3.63) is 35.4 Å². The lowest BCUT2D eigenvalue weighted by atomic mass is 10.1. The molecule has 8 nitrogen and oxygen atoms in total. The summed E-state index contributed by atoms with van der Waals surface area (Å²) in [7, 11) is 1.62. The van der Waals surface area contributed by atoms with Gasteiger partial charge in [-0.3, -0.25) is 10.1 Å². The van der Waals surface area contributed by atoms with Crippen LogP contribution in [-0.2, 0) is 4.79 Å². The highest BCUT2D eigenvalue weighted by Crippen LogP contribution is 2.22. The summed E-state index contributed by atoms with van der Waals surface area (Å²) < 4.78 is 0. The molecule has 3 rings (SSSR count). The maximum Gasteiger partial charge on any atom is 0.325 e. The van der Waals surface area contributed by atoms with E-state index < -0.39 is 18.2 Å². The molecule has 0 radical (unpaired) electrons. The molecule has 24 heavy (non-hydrogen) atoms. The second-order valence-corrected chi connectivity index (χ2v) is 5.78. The zero-order valence-electron chi connectivity index (χ0n) is 13.9. The number of carbonyl (C=O) groups excluding carboxylic acids is 2. The number of nitrogens with one attached hydrogen (secondary N) is 2. The number of likely N-dealkylation sites (N-methyl/N-ethyl adjacent to an activating group) is 2. The van der Waals surface area contributed by atoms with Gasteiger partial charge in [0, 0.05) is 13.6 Å². The van der Waals surface area contributed by atoms with E-state index >= 15 is 0 Å². The van der Waals surface area contributed by atoms with Crippen LogP contribution < -0.4 is 10.7 Å². The Kier molecular flexibility index (Phi) is 4.20. The van der Waals surface area contributed by atoms with Crippen molar-refractivity contribution in [2.75, 3.05) is 13.6 Å². The first-order valence-corrected chi connectivity index (χ1v) is 7.79. The third kappa shape index (κ3) is 2.82. The SMILES string of the molecule is CCN1C(N/N=C/c2ccc(C)cc2)=NC2C1C(=O)NC(=O)N2C. The van der Waals surface area contributed by atoms with Crippen molar-refractivity contribution >= 4 is 24.1 Å². The van der Waals surface area contributed by atoms with Crippen LogP contribution in [0.3, 0.4) is 0 Å². The molecular weight excluding hydrogens is 308 g/mol. The Morgan fingerprint density at radius 2 is 2.04 bits per heavy atom. The Balaban J connectivity index is 1.76. The van der Waals surface area contributed by atoms with E-state index in [-0.39, 0.29) is 5.91 Å². The van der Waals surface area contributed by atoms with Gasteiger partial charge in [0.05, 0.1) is 6.21 Å². The van der Waals surface area contributed by atoms with Gasteiger partial charge < -0.3 is 9.80 Å². The average Bonchev–Trinajstić information content (AvgIpc) is 2.94. The molecule has 0 bridgehead atoms. The van der Waals surface area contributed by atoms with E-state index in [1.165, 1.54) is 10.5 Å². The summed E-state index contributed by atoms with van der Waals surface area (Å²) in [6.45, 7) is 4.52. The number of fused-ring (bicyclic) bond motifs is 1. The van der Waals surface area contributed by atoms with E-state index in [0.29, 0.717) is 12.5 Å². The quantitative estimate of drug-likeness (QED) is 0.624. The van der Waals surface area contributed by atoms with Crippen LogP contribution in [0.2, 0.25) is 0 Å². The molecule has 2 aliphatic rings. The van der Waals surface area contributed by atoms with Gasteiger partial charge in [-0.1, -0.05) is 29.8 Å². The van der Waals surface area contributed by atoms with Gasteiger partial charge in [0.25, 0.3) is 5.91 Å². The molecule has 8 heteroatoms. The lowest BCUT2D eigenvalue weighted by molar-refractivity contribution is -0.127. The summed E-state index contributed by atoms with van der Waals surface area (Å²) in [5.41, 5.74) is 5.02. The number of aliphatic imine (C=N–C) groups is 1. The topological polar surface area (TPSA) is 89.4 Å².